The fourth-order valence-corrected chi connectivity index (χ4v) is 1.71. The van der Waals surface area contributed by atoms with Crippen LogP contribution in [0.25, 0.3) is 0 Å². The highest BCUT2D eigenvalue weighted by molar-refractivity contribution is 5.37. The van der Waals surface area contributed by atoms with Crippen LogP contribution in [0.15, 0.2) is 30.3 Å². The van der Waals surface area contributed by atoms with Crippen molar-refractivity contribution in [2.24, 2.45) is 0 Å². The number of benzene rings is 1. The van der Waals surface area contributed by atoms with Gasteiger partial charge in [0.1, 0.15) is 6.07 Å². The van der Waals surface area contributed by atoms with Crippen molar-refractivity contribution in [3.8, 4) is 6.07 Å². The third kappa shape index (κ3) is 3.92. The summed E-state index contributed by atoms with van der Waals surface area (Å²) >= 11 is 0. The lowest BCUT2D eigenvalue weighted by Gasteiger charge is -2.07. The summed E-state index contributed by atoms with van der Waals surface area (Å²) < 4.78 is 0. The second-order valence-corrected chi connectivity index (χ2v) is 4.11. The number of anilines is 2. The third-order valence-corrected chi connectivity index (χ3v) is 2.61. The molecule has 1 aromatic carbocycles. The number of rotatable bonds is 6. The standard InChI is InChI=1S/C14H16N6/c1-2-16-13-18-12(10-15)19-14(20-13)17-9-8-11-6-4-3-5-7-11/h3-7H,2,8-9H2,1H3,(H2,16,17,18,19,20). The summed E-state index contributed by atoms with van der Waals surface area (Å²) in [6.45, 7) is 3.33. The van der Waals surface area contributed by atoms with E-state index in [1.807, 2.05) is 31.2 Å². The van der Waals surface area contributed by atoms with Gasteiger partial charge in [0.15, 0.2) is 0 Å². The van der Waals surface area contributed by atoms with Gasteiger partial charge in [-0.15, -0.1) is 0 Å². The first-order valence-corrected chi connectivity index (χ1v) is 6.49. The van der Waals surface area contributed by atoms with Crippen molar-refractivity contribution in [1.82, 2.24) is 15.0 Å². The first kappa shape index (κ1) is 13.7. The Kier molecular flexibility index (Phi) is 4.84. The Hall–Kier alpha value is -2.68. The molecule has 1 aromatic heterocycles. The van der Waals surface area contributed by atoms with Crippen molar-refractivity contribution in [2.45, 2.75) is 13.3 Å². The lowest BCUT2D eigenvalue weighted by atomic mass is 10.1. The van der Waals surface area contributed by atoms with E-state index < -0.39 is 0 Å². The van der Waals surface area contributed by atoms with Crippen LogP contribution in [0, 0.1) is 11.3 Å². The van der Waals surface area contributed by atoms with Crippen LogP contribution in [0.2, 0.25) is 0 Å². The summed E-state index contributed by atoms with van der Waals surface area (Å²) in [6, 6.07) is 12.1. The maximum absolute atomic E-state index is 8.90. The normalized spacial score (nSPS) is 9.80. The Balaban J connectivity index is 1.98. The molecule has 2 aromatic rings. The molecule has 2 rings (SSSR count). The van der Waals surface area contributed by atoms with E-state index in [0.717, 1.165) is 6.42 Å². The largest absolute Gasteiger partial charge is 0.354 e. The molecule has 0 radical (unpaired) electrons. The van der Waals surface area contributed by atoms with Crippen molar-refractivity contribution >= 4 is 11.9 Å². The summed E-state index contributed by atoms with van der Waals surface area (Å²) in [6.07, 6.45) is 0.866. The van der Waals surface area contributed by atoms with E-state index >= 15 is 0 Å². The van der Waals surface area contributed by atoms with Gasteiger partial charge in [0.25, 0.3) is 0 Å². The molecule has 0 aliphatic rings. The molecule has 0 saturated carbocycles. The number of nitrogens with one attached hydrogen (secondary N) is 2. The maximum atomic E-state index is 8.90. The molecule has 2 N–H and O–H groups in total. The van der Waals surface area contributed by atoms with E-state index in [1.165, 1.54) is 5.56 Å². The zero-order valence-corrected chi connectivity index (χ0v) is 11.3. The SMILES string of the molecule is CCNc1nc(C#N)nc(NCCc2ccccc2)n1. The summed E-state index contributed by atoms with van der Waals surface area (Å²) in [5.74, 6) is 0.947. The lowest BCUT2D eigenvalue weighted by Crippen LogP contribution is -2.12. The van der Waals surface area contributed by atoms with Crippen LogP contribution >= 0.6 is 0 Å². The molecular formula is C14H16N6. The fraction of sp³-hybridized carbons (Fsp3) is 0.286. The molecule has 102 valence electrons. The van der Waals surface area contributed by atoms with Gasteiger partial charge >= 0.3 is 0 Å². The molecular weight excluding hydrogens is 252 g/mol. The zero-order chi connectivity index (χ0) is 14.2. The van der Waals surface area contributed by atoms with Gasteiger partial charge in [-0.3, -0.25) is 0 Å². The number of nitrogens with zero attached hydrogens (tertiary/aromatic N) is 4. The predicted octanol–water partition coefficient (Wildman–Crippen LogP) is 1.83. The summed E-state index contributed by atoms with van der Waals surface area (Å²) in [7, 11) is 0. The Morgan fingerprint density at radius 2 is 1.75 bits per heavy atom. The Labute approximate surface area is 117 Å². The van der Waals surface area contributed by atoms with E-state index in [1.54, 1.807) is 0 Å². The zero-order valence-electron chi connectivity index (χ0n) is 11.3. The molecule has 0 amide bonds. The highest BCUT2D eigenvalue weighted by Gasteiger charge is 2.04. The number of hydrogen-bond acceptors (Lipinski definition) is 6. The van der Waals surface area contributed by atoms with E-state index in [4.69, 9.17) is 5.26 Å². The number of nitriles is 1. The first-order valence-electron chi connectivity index (χ1n) is 6.49. The molecule has 0 spiro atoms. The number of hydrogen-bond donors (Lipinski definition) is 2. The third-order valence-electron chi connectivity index (χ3n) is 2.61. The van der Waals surface area contributed by atoms with Crippen molar-refractivity contribution < 1.29 is 0 Å². The Morgan fingerprint density at radius 3 is 2.40 bits per heavy atom. The molecule has 0 fully saturated rings. The van der Waals surface area contributed by atoms with Gasteiger partial charge in [-0.25, -0.2) is 0 Å². The van der Waals surface area contributed by atoms with Gasteiger partial charge in [-0.05, 0) is 18.9 Å². The molecule has 0 bridgehead atoms. The van der Waals surface area contributed by atoms with Crippen molar-refractivity contribution in [1.29, 1.82) is 5.26 Å². The van der Waals surface area contributed by atoms with Gasteiger partial charge in [0.2, 0.25) is 17.7 Å². The average Bonchev–Trinajstić information content (AvgIpc) is 2.48. The van der Waals surface area contributed by atoms with Crippen molar-refractivity contribution in [2.75, 3.05) is 23.7 Å². The smallest absolute Gasteiger partial charge is 0.238 e. The van der Waals surface area contributed by atoms with Gasteiger partial charge in [-0.2, -0.15) is 20.2 Å². The van der Waals surface area contributed by atoms with Crippen LogP contribution in [-0.2, 0) is 6.42 Å². The van der Waals surface area contributed by atoms with Crippen LogP contribution in [0.5, 0.6) is 0 Å². The van der Waals surface area contributed by atoms with E-state index in [-0.39, 0.29) is 5.82 Å². The molecule has 1 heterocycles. The highest BCUT2D eigenvalue weighted by Crippen LogP contribution is 2.06. The Bertz CT molecular complexity index is 590. The quantitative estimate of drug-likeness (QED) is 0.831. The maximum Gasteiger partial charge on any atom is 0.238 e. The van der Waals surface area contributed by atoms with Crippen LogP contribution in [0.1, 0.15) is 18.3 Å². The molecule has 0 atom stereocenters. The van der Waals surface area contributed by atoms with Crippen LogP contribution in [-0.4, -0.2) is 28.0 Å². The van der Waals surface area contributed by atoms with Crippen LogP contribution in [0.4, 0.5) is 11.9 Å². The average molecular weight is 268 g/mol. The summed E-state index contributed by atoms with van der Waals surface area (Å²) in [5, 5.41) is 15.0. The van der Waals surface area contributed by atoms with Gasteiger partial charge < -0.3 is 10.6 Å². The van der Waals surface area contributed by atoms with Gasteiger partial charge in [0.05, 0.1) is 0 Å². The molecule has 20 heavy (non-hydrogen) atoms. The van der Waals surface area contributed by atoms with E-state index in [2.05, 4.69) is 37.7 Å². The monoisotopic (exact) mass is 268 g/mol. The molecule has 0 saturated heterocycles. The second-order valence-electron chi connectivity index (χ2n) is 4.11. The molecule has 0 aliphatic heterocycles. The minimum atomic E-state index is 0.109. The molecule has 6 nitrogen and oxygen atoms in total. The fourth-order valence-electron chi connectivity index (χ4n) is 1.71. The summed E-state index contributed by atoms with van der Waals surface area (Å²) in [4.78, 5) is 12.2. The van der Waals surface area contributed by atoms with Crippen molar-refractivity contribution in [3.63, 3.8) is 0 Å². The van der Waals surface area contributed by atoms with Crippen LogP contribution < -0.4 is 10.6 Å². The summed E-state index contributed by atoms with van der Waals surface area (Å²) in [5.41, 5.74) is 1.24. The Morgan fingerprint density at radius 1 is 1.05 bits per heavy atom. The van der Waals surface area contributed by atoms with E-state index in [0.29, 0.717) is 25.0 Å². The highest BCUT2D eigenvalue weighted by atomic mass is 15.2. The minimum absolute atomic E-state index is 0.109. The first-order chi connectivity index (χ1) is 9.81. The molecule has 0 unspecified atom stereocenters. The topological polar surface area (TPSA) is 86.5 Å². The number of aromatic nitrogens is 3. The lowest BCUT2D eigenvalue weighted by molar-refractivity contribution is 0.946. The molecule has 0 aliphatic carbocycles. The van der Waals surface area contributed by atoms with Crippen LogP contribution in [0.3, 0.4) is 0 Å². The van der Waals surface area contributed by atoms with Gasteiger partial charge in [-0.1, -0.05) is 30.3 Å². The van der Waals surface area contributed by atoms with E-state index in [9.17, 15) is 0 Å². The minimum Gasteiger partial charge on any atom is -0.354 e. The molecule has 6 heteroatoms. The van der Waals surface area contributed by atoms with Crippen molar-refractivity contribution in [3.05, 3.63) is 41.7 Å². The van der Waals surface area contributed by atoms with Gasteiger partial charge in [0, 0.05) is 13.1 Å². The second kappa shape index (κ2) is 7.04. The predicted molar refractivity (Wildman–Crippen MR) is 77.3 cm³/mol.